The van der Waals surface area contributed by atoms with E-state index in [-0.39, 0.29) is 22.6 Å². The zero-order chi connectivity index (χ0) is 33.7. The Hall–Kier alpha value is -4.35. The zero-order valence-corrected chi connectivity index (χ0v) is 23.2. The van der Waals surface area contributed by atoms with Gasteiger partial charge in [-0.05, 0) is 18.2 Å². The van der Waals surface area contributed by atoms with E-state index in [0.717, 1.165) is 6.33 Å². The first-order valence-corrected chi connectivity index (χ1v) is 13.7. The van der Waals surface area contributed by atoms with Crippen LogP contribution in [0.1, 0.15) is 15.5 Å². The largest absolute Gasteiger partial charge is 0.471 e. The van der Waals surface area contributed by atoms with Crippen molar-refractivity contribution in [2.24, 2.45) is 19.0 Å². The molecule has 3 aromatic heterocycles. The third-order valence-corrected chi connectivity index (χ3v) is 6.68. The van der Waals surface area contributed by atoms with Gasteiger partial charge in [0.05, 0.1) is 29.3 Å². The molecule has 0 spiro atoms. The van der Waals surface area contributed by atoms with Crippen LogP contribution in [0.2, 0.25) is 5.02 Å². The highest BCUT2D eigenvalue weighted by Gasteiger charge is 2.22. The molecule has 20 heteroatoms. The van der Waals surface area contributed by atoms with Crippen LogP contribution < -0.4 is 17.0 Å². The van der Waals surface area contributed by atoms with E-state index in [1.54, 1.807) is 13.2 Å². The average molecular weight is 645 g/mol. The third-order valence-electron chi connectivity index (χ3n) is 5.93. The summed E-state index contributed by atoms with van der Waals surface area (Å²) in [4.78, 5) is 54.4. The molecule has 43 heavy (non-hydrogen) atoms. The van der Waals surface area contributed by atoms with E-state index in [9.17, 15) is 37.1 Å². The second kappa shape index (κ2) is 11.4. The number of phosphoric acid groups is 1. The minimum atomic E-state index is -5.28. The predicted molar refractivity (Wildman–Crippen MR) is 143 cm³/mol. The zero-order valence-electron chi connectivity index (χ0n) is 24.6. The van der Waals surface area contributed by atoms with Crippen molar-refractivity contribution in [1.82, 2.24) is 38.2 Å². The first kappa shape index (κ1) is 26.3. The molecule has 0 radical (unpaired) electrons. The third kappa shape index (κ3) is 6.37. The summed E-state index contributed by atoms with van der Waals surface area (Å²) in [7, 11) is -3.65. The Kier molecular flexibility index (Phi) is 6.96. The van der Waals surface area contributed by atoms with Crippen molar-refractivity contribution >= 4 is 36.0 Å². The van der Waals surface area contributed by atoms with Crippen LogP contribution in [0.25, 0.3) is 10.9 Å². The molecular weight excluding hydrogens is 622 g/mol. The molecule has 5 aromatic rings. The number of nitrogens with zero attached hydrogens (tertiary/aromatic N) is 9. The Labute approximate surface area is 246 Å². The molecule has 5 rings (SSSR count). The van der Waals surface area contributed by atoms with Gasteiger partial charge in [0.1, 0.15) is 18.9 Å². The van der Waals surface area contributed by atoms with E-state index < -0.39 is 74.6 Å². The van der Waals surface area contributed by atoms with Gasteiger partial charge in [-0.2, -0.15) is 10.2 Å². The summed E-state index contributed by atoms with van der Waals surface area (Å²) in [6.45, 7) is -5.73. The van der Waals surface area contributed by atoms with Gasteiger partial charge in [-0.3, -0.25) is 18.5 Å². The van der Waals surface area contributed by atoms with Crippen LogP contribution in [-0.4, -0.2) is 48.0 Å². The summed E-state index contributed by atoms with van der Waals surface area (Å²) in [5.74, 6) is -4.65. The summed E-state index contributed by atoms with van der Waals surface area (Å²) < 4.78 is 84.7. The van der Waals surface area contributed by atoms with E-state index in [4.69, 9.17) is 15.7 Å². The lowest BCUT2D eigenvalue weighted by molar-refractivity contribution is 0.142. The van der Waals surface area contributed by atoms with Crippen molar-refractivity contribution in [2.45, 2.75) is 19.8 Å². The fraction of sp³-hybridized carbons (Fsp3) is 0.217. The molecule has 3 heterocycles. The maximum atomic E-state index is 14.8. The standard InChI is InChI=1S/C23H20ClF3N9O6P/c1-32-7-13-4-19(14(24)5-18(13)30-32)29-21-34(8-12-3-16(26)17(27)6-15(12)25)22(37)35(9-20-28-10-33(2)31-20)23(38)36(21)11-42-43(39,40)41/h3-7,10H,8-9,11H2,1-2H3,(H2,39,40,41)/i2D3. The summed E-state index contributed by atoms with van der Waals surface area (Å²) in [5, 5.41) is 8.36. The lowest BCUT2D eigenvalue weighted by Crippen LogP contribution is -2.55. The lowest BCUT2D eigenvalue weighted by Gasteiger charge is -2.17. The molecular formula is C23H20ClF3N9O6P. The molecule has 0 bridgehead atoms. The monoisotopic (exact) mass is 644 g/mol. The van der Waals surface area contributed by atoms with E-state index in [1.165, 1.54) is 16.8 Å². The van der Waals surface area contributed by atoms with Gasteiger partial charge in [0.15, 0.2) is 17.5 Å². The fourth-order valence-corrected chi connectivity index (χ4v) is 4.51. The van der Waals surface area contributed by atoms with Crippen LogP contribution in [0.15, 0.2) is 51.4 Å². The molecule has 0 atom stereocenters. The van der Waals surface area contributed by atoms with Crippen molar-refractivity contribution in [3.05, 3.63) is 97.2 Å². The minimum absolute atomic E-state index is 0.0600. The van der Waals surface area contributed by atoms with Crippen LogP contribution in [0.3, 0.4) is 0 Å². The molecule has 0 fully saturated rings. The van der Waals surface area contributed by atoms with Crippen molar-refractivity contribution in [2.75, 3.05) is 0 Å². The quantitative estimate of drug-likeness (QED) is 0.186. The van der Waals surface area contributed by atoms with E-state index in [0.29, 0.717) is 35.4 Å². The molecule has 2 N–H and O–H groups in total. The molecule has 0 saturated carbocycles. The molecule has 15 nitrogen and oxygen atoms in total. The van der Waals surface area contributed by atoms with Gasteiger partial charge in [0.25, 0.3) is 0 Å². The number of phosphoric ester groups is 1. The maximum Gasteiger partial charge on any atom is 0.471 e. The van der Waals surface area contributed by atoms with E-state index >= 15 is 0 Å². The van der Waals surface area contributed by atoms with Crippen molar-refractivity contribution in [3.63, 3.8) is 0 Å². The number of fused-ring (bicyclic) bond motifs is 1. The van der Waals surface area contributed by atoms with Gasteiger partial charge in [-0.25, -0.2) is 46.4 Å². The predicted octanol–water partition coefficient (Wildman–Crippen LogP) is 1.29. The normalized spacial score (nSPS) is 13.8. The highest BCUT2D eigenvalue weighted by molar-refractivity contribution is 7.46. The van der Waals surface area contributed by atoms with Crippen LogP contribution in [0.4, 0.5) is 18.9 Å². The number of halogens is 4. The smallest absolute Gasteiger partial charge is 0.303 e. The number of rotatable bonds is 8. The summed E-state index contributed by atoms with van der Waals surface area (Å²) in [6.07, 6.45) is 2.40. The van der Waals surface area contributed by atoms with Crippen molar-refractivity contribution < 1.29 is 36.2 Å². The number of benzene rings is 2. The fourth-order valence-electron chi connectivity index (χ4n) is 4.05. The molecule has 0 aliphatic heterocycles. The minimum Gasteiger partial charge on any atom is -0.303 e. The van der Waals surface area contributed by atoms with Gasteiger partial charge in [0.2, 0.25) is 5.62 Å². The maximum absolute atomic E-state index is 14.8. The first-order valence-electron chi connectivity index (χ1n) is 13.3. The van der Waals surface area contributed by atoms with Crippen LogP contribution in [-0.2, 0) is 42.9 Å². The summed E-state index contributed by atoms with van der Waals surface area (Å²) in [5.41, 5.74) is -3.56. The molecule has 0 unspecified atom stereocenters. The number of aryl methyl sites for hydroxylation is 2. The molecule has 2 aromatic carbocycles. The van der Waals surface area contributed by atoms with Crippen LogP contribution in [0, 0.1) is 17.5 Å². The van der Waals surface area contributed by atoms with E-state index in [2.05, 4.69) is 24.7 Å². The second-order valence-electron chi connectivity index (χ2n) is 8.95. The Balaban J connectivity index is 1.83. The van der Waals surface area contributed by atoms with Gasteiger partial charge < -0.3 is 9.79 Å². The summed E-state index contributed by atoms with van der Waals surface area (Å²) in [6, 6.07) is 3.49. The first-order chi connectivity index (χ1) is 21.4. The Bertz CT molecular complexity index is 2240. The molecule has 226 valence electrons. The topological polar surface area (TPSA) is 177 Å². The molecule has 0 aliphatic carbocycles. The van der Waals surface area contributed by atoms with Crippen molar-refractivity contribution in [1.29, 1.82) is 0 Å². The number of hydrogen-bond donors (Lipinski definition) is 2. The molecule has 0 amide bonds. The van der Waals surface area contributed by atoms with Gasteiger partial charge in [-0.1, -0.05) is 11.6 Å². The van der Waals surface area contributed by atoms with Gasteiger partial charge in [0, 0.05) is 41.3 Å². The molecule has 0 aliphatic rings. The highest BCUT2D eigenvalue weighted by Crippen LogP contribution is 2.35. The SMILES string of the molecule is [2H]C([2H])([2H])n1cnc(Cn2c(=O)n(COP(=O)(O)O)c(=Nc3cc4cn(C)nc4cc3Cl)n(Cc3cc(F)c(F)cc3F)c2=O)n1. The highest BCUT2D eigenvalue weighted by atomic mass is 35.5. The number of hydrogen-bond acceptors (Lipinski definition) is 8. The average Bonchev–Trinajstić information content (AvgIpc) is 3.56. The second-order valence-corrected chi connectivity index (χ2v) is 10.6. The Morgan fingerprint density at radius 2 is 1.72 bits per heavy atom. The Morgan fingerprint density at radius 3 is 2.42 bits per heavy atom. The van der Waals surface area contributed by atoms with Crippen LogP contribution in [0.5, 0.6) is 0 Å². The summed E-state index contributed by atoms with van der Waals surface area (Å²) >= 11 is 6.40. The van der Waals surface area contributed by atoms with Crippen LogP contribution >= 0.6 is 19.4 Å². The Morgan fingerprint density at radius 1 is 1.00 bits per heavy atom. The van der Waals surface area contributed by atoms with Crippen molar-refractivity contribution in [3.8, 4) is 0 Å². The molecule has 0 saturated heterocycles. The van der Waals surface area contributed by atoms with E-state index in [1.807, 2.05) is 0 Å². The van der Waals surface area contributed by atoms with Gasteiger partial charge >= 0.3 is 19.2 Å². The lowest BCUT2D eigenvalue weighted by atomic mass is 10.2. The van der Waals surface area contributed by atoms with Gasteiger partial charge in [-0.15, -0.1) is 0 Å². The number of aromatic nitrogens is 8.